The van der Waals surface area contributed by atoms with Crippen molar-refractivity contribution in [1.29, 1.82) is 0 Å². The van der Waals surface area contributed by atoms with Crippen molar-refractivity contribution in [2.45, 2.75) is 0 Å². The Morgan fingerprint density at radius 3 is 0.877 bits per heavy atom. The number of carbonyl (C=O) groups is 1. The Morgan fingerprint density at radius 1 is 0.333 bits per heavy atom. The van der Waals surface area contributed by atoms with Gasteiger partial charge in [0.25, 0.3) is 0 Å². The molecule has 0 aliphatic heterocycles. The van der Waals surface area contributed by atoms with Gasteiger partial charge in [-0.3, -0.25) is 0 Å². The molecule has 0 saturated heterocycles. The molecule has 0 aliphatic rings. The first-order valence-corrected chi connectivity index (χ1v) is 13.5. The van der Waals surface area contributed by atoms with E-state index in [1.165, 1.54) is 0 Å². The van der Waals surface area contributed by atoms with Crippen molar-refractivity contribution >= 4 is 5.97 Å². The van der Waals surface area contributed by atoms with Gasteiger partial charge in [0, 0.05) is 11.1 Å². The average Bonchev–Trinajstić information content (AvgIpc) is 3.17. The first-order chi connectivity index (χ1) is 26.0. The Kier molecular flexibility index (Phi) is 12.0. The van der Waals surface area contributed by atoms with Crippen molar-refractivity contribution in [3.8, 4) is 45.6 Å². The van der Waals surface area contributed by atoms with E-state index in [9.17, 15) is 88.9 Å². The fraction of sp³-hybridized carbons (Fsp3) is 0. The molecular weight excluding hydrogens is 839 g/mol. The number of benzene rings is 5. The number of hydrogen-bond donors (Lipinski definition) is 0. The molecule has 5 aromatic rings. The zero-order chi connectivity index (χ0) is 42.1. The van der Waals surface area contributed by atoms with Gasteiger partial charge in [-0.05, 0) is 6.07 Å². The molecule has 0 fully saturated rings. The molecule has 0 heterocycles. The molecule has 26 heteroatoms. The number of carboxylic acids is 1. The Bertz CT molecular complexity index is 2450. The standard InChI is InChI=1S/C31H2F20O5.Li/c32-6-5(7(33)9(35)10(36)8(6)34)4-2(31(52)53)1-3(54-28-20(46)14(40)11(37)15(41)21(28)47)26(55-29-22(48)16(42)12(38)17(43)23(29)49)27(4)56-30-24(50)18(44)13(39)19(45)25(30)51;/h1H,(H,52,53);/q;+1/p-1. The van der Waals surface area contributed by atoms with Crippen molar-refractivity contribution in [2.75, 3.05) is 0 Å². The van der Waals surface area contributed by atoms with E-state index in [2.05, 4.69) is 14.2 Å². The zero-order valence-corrected chi connectivity index (χ0v) is 26.2. The SMILES string of the molecule is O=C([O-])c1cc(Oc2c(F)c(F)c(F)c(F)c2F)c(Oc2c(F)c(F)c(F)c(F)c2F)c(Oc2c(F)c(F)c(F)c(F)c2F)c1-c1c(F)c(F)c(F)c(F)c1F.[Li+]. The molecule has 0 aliphatic carbocycles. The molecule has 5 aromatic carbocycles. The fourth-order valence-electron chi connectivity index (χ4n) is 4.46. The third kappa shape index (κ3) is 6.87. The number of carboxylic acid groups (broad SMARTS) is 1. The van der Waals surface area contributed by atoms with Gasteiger partial charge < -0.3 is 24.1 Å². The molecule has 0 bridgehead atoms. The maximum absolute atomic E-state index is 15.2. The minimum Gasteiger partial charge on any atom is -0.545 e. The Balaban J connectivity index is 0.00000720. The smallest absolute Gasteiger partial charge is 0.545 e. The summed E-state index contributed by atoms with van der Waals surface area (Å²) in [6, 6.07) is -0.659. The topological polar surface area (TPSA) is 67.8 Å². The van der Waals surface area contributed by atoms with Gasteiger partial charge >= 0.3 is 18.9 Å². The summed E-state index contributed by atoms with van der Waals surface area (Å²) in [5.74, 6) is -81.2. The molecule has 0 atom stereocenters. The van der Waals surface area contributed by atoms with E-state index in [1.54, 1.807) is 0 Å². The van der Waals surface area contributed by atoms with Crippen molar-refractivity contribution < 1.29 is 131 Å². The number of halogens is 20. The third-order valence-corrected chi connectivity index (χ3v) is 7.01. The summed E-state index contributed by atoms with van der Waals surface area (Å²) in [4.78, 5) is 12.3. The predicted octanol–water partition coefficient (Wildman–Crippen LogP) is 6.88. The first-order valence-electron chi connectivity index (χ1n) is 13.5. The molecule has 0 unspecified atom stereocenters. The van der Waals surface area contributed by atoms with E-state index in [1.807, 2.05) is 0 Å². The Labute approximate surface area is 310 Å². The van der Waals surface area contributed by atoms with E-state index in [0.29, 0.717) is 0 Å². The Morgan fingerprint density at radius 2 is 0.579 bits per heavy atom. The maximum atomic E-state index is 15.2. The normalized spacial score (nSPS) is 11.2. The second kappa shape index (κ2) is 15.6. The monoisotopic (exact) mass is 840 g/mol. The van der Waals surface area contributed by atoms with E-state index in [4.69, 9.17) is 0 Å². The van der Waals surface area contributed by atoms with Crippen molar-refractivity contribution in [2.24, 2.45) is 0 Å². The summed E-state index contributed by atoms with van der Waals surface area (Å²) in [5, 5.41) is 12.3. The molecule has 0 aromatic heterocycles. The van der Waals surface area contributed by atoms with Gasteiger partial charge in [-0.1, -0.05) is 0 Å². The summed E-state index contributed by atoms with van der Waals surface area (Å²) in [7, 11) is 0. The largest absolute Gasteiger partial charge is 1.00 e. The van der Waals surface area contributed by atoms with Gasteiger partial charge in [0.15, 0.2) is 34.8 Å². The minimum absolute atomic E-state index is 0. The summed E-state index contributed by atoms with van der Waals surface area (Å²) in [6.45, 7) is 0. The van der Waals surface area contributed by atoms with E-state index in [-0.39, 0.29) is 18.9 Å². The van der Waals surface area contributed by atoms with Crippen LogP contribution < -0.4 is 38.2 Å². The predicted molar refractivity (Wildman–Crippen MR) is 135 cm³/mol. The molecule has 296 valence electrons. The van der Waals surface area contributed by atoms with E-state index < -0.39 is 180 Å². The van der Waals surface area contributed by atoms with E-state index in [0.717, 1.165) is 0 Å². The molecule has 0 radical (unpaired) electrons. The molecule has 5 nitrogen and oxygen atoms in total. The molecule has 0 N–H and O–H groups in total. The summed E-state index contributed by atoms with van der Waals surface area (Å²) in [5.41, 5.74) is -7.70. The molecular formula is C31HF20LiO5. The van der Waals surface area contributed by atoms with Crippen LogP contribution >= 0.6 is 0 Å². The second-order valence-corrected chi connectivity index (χ2v) is 10.2. The van der Waals surface area contributed by atoms with Gasteiger partial charge in [-0.2, -0.15) is 26.3 Å². The maximum Gasteiger partial charge on any atom is 1.00 e. The molecule has 57 heavy (non-hydrogen) atoms. The van der Waals surface area contributed by atoms with Crippen LogP contribution in [-0.2, 0) is 0 Å². The van der Waals surface area contributed by atoms with Gasteiger partial charge in [-0.15, -0.1) is 0 Å². The molecule has 5 rings (SSSR count). The van der Waals surface area contributed by atoms with Crippen LogP contribution in [0.4, 0.5) is 87.8 Å². The Hall–Kier alpha value is -5.83. The van der Waals surface area contributed by atoms with Crippen LogP contribution in [0.3, 0.4) is 0 Å². The first kappa shape index (κ1) is 43.9. The minimum atomic E-state index is -3.17. The van der Waals surface area contributed by atoms with Crippen LogP contribution in [0.25, 0.3) is 11.1 Å². The number of ether oxygens (including phenoxy) is 3. The number of carbonyl (C=O) groups excluding carboxylic acids is 1. The van der Waals surface area contributed by atoms with Crippen molar-refractivity contribution in [3.05, 3.63) is 128 Å². The van der Waals surface area contributed by atoms with Crippen LogP contribution in [0.15, 0.2) is 6.07 Å². The summed E-state index contributed by atoms with van der Waals surface area (Å²) in [6.07, 6.45) is 0. The average molecular weight is 840 g/mol. The number of rotatable bonds is 8. The third-order valence-electron chi connectivity index (χ3n) is 7.01. The number of hydrogen-bond acceptors (Lipinski definition) is 5. The van der Waals surface area contributed by atoms with Crippen LogP contribution in [0.2, 0.25) is 0 Å². The molecule has 0 spiro atoms. The van der Waals surface area contributed by atoms with Gasteiger partial charge in [0.1, 0.15) is 0 Å². The van der Waals surface area contributed by atoms with Crippen LogP contribution in [0.1, 0.15) is 10.4 Å². The van der Waals surface area contributed by atoms with Gasteiger partial charge in [0.05, 0.1) is 11.5 Å². The fourth-order valence-corrected chi connectivity index (χ4v) is 4.46. The van der Waals surface area contributed by atoms with E-state index >= 15 is 8.78 Å². The summed E-state index contributed by atoms with van der Waals surface area (Å²) < 4.78 is 302. The van der Waals surface area contributed by atoms with Crippen LogP contribution in [0, 0.1) is 116 Å². The molecule has 0 saturated carbocycles. The van der Waals surface area contributed by atoms with Crippen molar-refractivity contribution in [3.63, 3.8) is 0 Å². The number of aromatic carboxylic acids is 1. The molecule has 0 amide bonds. The quantitative estimate of drug-likeness (QED) is 0.0739. The summed E-state index contributed by atoms with van der Waals surface area (Å²) >= 11 is 0. The van der Waals surface area contributed by atoms with Crippen LogP contribution in [0.5, 0.6) is 34.5 Å². The zero-order valence-electron chi connectivity index (χ0n) is 26.2. The second-order valence-electron chi connectivity index (χ2n) is 10.2. The van der Waals surface area contributed by atoms with Crippen molar-refractivity contribution in [1.82, 2.24) is 0 Å². The van der Waals surface area contributed by atoms with Crippen LogP contribution in [-0.4, -0.2) is 5.97 Å². The van der Waals surface area contributed by atoms with Gasteiger partial charge in [0.2, 0.25) is 116 Å². The van der Waals surface area contributed by atoms with Gasteiger partial charge in [-0.25, -0.2) is 61.5 Å².